The largest absolute Gasteiger partial charge is 0.504 e. The van der Waals surface area contributed by atoms with E-state index in [9.17, 15) is 14.7 Å². The lowest BCUT2D eigenvalue weighted by Gasteiger charge is -2.48. The smallest absolute Gasteiger partial charge is 0.254 e. The molecule has 3 aliphatic rings. The van der Waals surface area contributed by atoms with E-state index in [-0.39, 0.29) is 23.0 Å². The minimum Gasteiger partial charge on any atom is -0.504 e. The summed E-state index contributed by atoms with van der Waals surface area (Å²) in [6.45, 7) is 3.11. The average Bonchev–Trinajstić information content (AvgIpc) is 3.49. The Hall–Kier alpha value is -2.24. The van der Waals surface area contributed by atoms with Gasteiger partial charge in [-0.2, -0.15) is 0 Å². The first kappa shape index (κ1) is 18.1. The average molecular weight is 372 g/mol. The van der Waals surface area contributed by atoms with E-state index in [1.165, 1.54) is 26.0 Å². The van der Waals surface area contributed by atoms with Crippen molar-refractivity contribution < 1.29 is 19.4 Å². The summed E-state index contributed by atoms with van der Waals surface area (Å²) >= 11 is 0. The van der Waals surface area contributed by atoms with Crippen molar-refractivity contribution in [2.75, 3.05) is 33.3 Å². The van der Waals surface area contributed by atoms with E-state index in [0.717, 1.165) is 38.9 Å². The highest BCUT2D eigenvalue weighted by Gasteiger charge is 2.43. The van der Waals surface area contributed by atoms with Crippen LogP contribution in [0, 0.1) is 11.3 Å². The minimum absolute atomic E-state index is 0.0255. The Morgan fingerprint density at radius 2 is 2.11 bits per heavy atom. The van der Waals surface area contributed by atoms with Crippen LogP contribution in [0.2, 0.25) is 0 Å². The van der Waals surface area contributed by atoms with Gasteiger partial charge in [-0.05, 0) is 56.2 Å². The van der Waals surface area contributed by atoms with E-state index in [4.69, 9.17) is 4.74 Å². The molecule has 1 aliphatic carbocycles. The molecule has 2 amide bonds. The summed E-state index contributed by atoms with van der Waals surface area (Å²) in [5, 5.41) is 9.77. The molecule has 6 heteroatoms. The minimum atomic E-state index is -0.0296. The first-order valence-electron chi connectivity index (χ1n) is 9.94. The van der Waals surface area contributed by atoms with Crippen molar-refractivity contribution in [3.63, 3.8) is 0 Å². The number of ether oxygens (including phenoxy) is 1. The summed E-state index contributed by atoms with van der Waals surface area (Å²) in [7, 11) is 1.48. The third-order valence-electron chi connectivity index (χ3n) is 6.30. The van der Waals surface area contributed by atoms with Crippen molar-refractivity contribution in [2.45, 2.75) is 38.5 Å². The van der Waals surface area contributed by atoms with Crippen LogP contribution in [0.3, 0.4) is 0 Å². The van der Waals surface area contributed by atoms with Gasteiger partial charge in [0.25, 0.3) is 5.91 Å². The number of rotatable bonds is 4. The standard InChI is InChI=1S/C21H28N2O4/c1-27-18-11-16(5-6-17(18)24)20(26)22-10-2-8-21(13-22)9-7-19(25)23(14-21)12-15-3-4-15/h5-6,11,15,24H,2-4,7-10,12-14H2,1H3/t21-/m0/s1. The van der Waals surface area contributed by atoms with Gasteiger partial charge in [-0.3, -0.25) is 9.59 Å². The van der Waals surface area contributed by atoms with Gasteiger partial charge >= 0.3 is 0 Å². The summed E-state index contributed by atoms with van der Waals surface area (Å²) in [6.07, 6.45) is 5.99. The molecule has 1 N–H and O–H groups in total. The number of carbonyl (C=O) groups excluding carboxylic acids is 2. The van der Waals surface area contributed by atoms with Crippen LogP contribution in [0.1, 0.15) is 48.9 Å². The zero-order chi connectivity index (χ0) is 19.0. The first-order valence-corrected chi connectivity index (χ1v) is 9.94. The van der Waals surface area contributed by atoms with Gasteiger partial charge in [-0.15, -0.1) is 0 Å². The Morgan fingerprint density at radius 1 is 1.30 bits per heavy atom. The van der Waals surface area contributed by atoms with Crippen LogP contribution >= 0.6 is 0 Å². The van der Waals surface area contributed by atoms with Gasteiger partial charge in [-0.25, -0.2) is 0 Å². The molecule has 146 valence electrons. The quantitative estimate of drug-likeness (QED) is 0.882. The summed E-state index contributed by atoms with van der Waals surface area (Å²) in [4.78, 5) is 29.3. The highest BCUT2D eigenvalue weighted by molar-refractivity contribution is 5.95. The lowest BCUT2D eigenvalue weighted by Crippen LogP contribution is -2.55. The second-order valence-electron chi connectivity index (χ2n) is 8.43. The van der Waals surface area contributed by atoms with Crippen molar-refractivity contribution in [3.8, 4) is 11.5 Å². The second-order valence-corrected chi connectivity index (χ2v) is 8.43. The van der Waals surface area contributed by atoms with Crippen molar-refractivity contribution in [2.24, 2.45) is 11.3 Å². The fourth-order valence-corrected chi connectivity index (χ4v) is 4.59. The van der Waals surface area contributed by atoms with Crippen molar-refractivity contribution in [3.05, 3.63) is 23.8 Å². The van der Waals surface area contributed by atoms with E-state index in [1.807, 2.05) is 4.90 Å². The third-order valence-corrected chi connectivity index (χ3v) is 6.30. The van der Waals surface area contributed by atoms with Gasteiger partial charge in [0, 0.05) is 43.6 Å². The Kier molecular flexibility index (Phi) is 4.74. The number of hydrogen-bond acceptors (Lipinski definition) is 4. The molecular weight excluding hydrogens is 344 g/mol. The van der Waals surface area contributed by atoms with Crippen LogP contribution in [0.4, 0.5) is 0 Å². The first-order chi connectivity index (χ1) is 13.0. The molecule has 1 aromatic carbocycles. The van der Waals surface area contributed by atoms with E-state index in [2.05, 4.69) is 4.90 Å². The maximum atomic E-state index is 13.0. The number of likely N-dealkylation sites (tertiary alicyclic amines) is 2. The predicted octanol–water partition coefficient (Wildman–Crippen LogP) is 2.66. The molecule has 0 radical (unpaired) electrons. The van der Waals surface area contributed by atoms with Crippen molar-refractivity contribution in [1.82, 2.24) is 9.80 Å². The number of aromatic hydroxyl groups is 1. The second kappa shape index (κ2) is 7.06. The van der Waals surface area contributed by atoms with Crippen molar-refractivity contribution in [1.29, 1.82) is 0 Å². The Balaban J connectivity index is 1.48. The zero-order valence-electron chi connectivity index (χ0n) is 15.9. The molecule has 2 saturated heterocycles. The molecule has 2 aliphatic heterocycles. The van der Waals surface area contributed by atoms with Gasteiger partial charge < -0.3 is 19.6 Å². The van der Waals surface area contributed by atoms with Gasteiger partial charge in [0.05, 0.1) is 7.11 Å². The number of carbonyl (C=O) groups is 2. The number of phenols is 1. The van der Waals surface area contributed by atoms with Crippen LogP contribution < -0.4 is 4.74 Å². The van der Waals surface area contributed by atoms with Crippen LogP contribution in [0.15, 0.2) is 18.2 Å². The Labute approximate surface area is 160 Å². The maximum Gasteiger partial charge on any atom is 0.254 e. The Morgan fingerprint density at radius 3 is 2.85 bits per heavy atom. The van der Waals surface area contributed by atoms with Crippen LogP contribution in [-0.4, -0.2) is 60.0 Å². The number of piperidine rings is 2. The summed E-state index contributed by atoms with van der Waals surface area (Å²) in [5.74, 6) is 1.28. The number of amides is 2. The van der Waals surface area contributed by atoms with E-state index >= 15 is 0 Å². The Bertz CT molecular complexity index is 746. The van der Waals surface area contributed by atoms with Crippen molar-refractivity contribution >= 4 is 11.8 Å². The normalized spacial score (nSPS) is 25.7. The molecule has 6 nitrogen and oxygen atoms in total. The molecule has 27 heavy (non-hydrogen) atoms. The molecule has 0 unspecified atom stereocenters. The third kappa shape index (κ3) is 3.75. The number of nitrogens with zero attached hydrogens (tertiary/aromatic N) is 2. The molecule has 4 rings (SSSR count). The fourth-order valence-electron chi connectivity index (χ4n) is 4.59. The van der Waals surface area contributed by atoms with Gasteiger partial charge in [0.15, 0.2) is 11.5 Å². The lowest BCUT2D eigenvalue weighted by molar-refractivity contribution is -0.139. The van der Waals surface area contributed by atoms with Crippen LogP contribution in [0.5, 0.6) is 11.5 Å². The topological polar surface area (TPSA) is 70.1 Å². The number of phenolic OH excluding ortho intramolecular Hbond substituents is 1. The molecule has 0 bridgehead atoms. The molecule has 3 fully saturated rings. The lowest BCUT2D eigenvalue weighted by atomic mass is 9.73. The summed E-state index contributed by atoms with van der Waals surface area (Å²) in [5.41, 5.74) is 0.556. The number of benzene rings is 1. The van der Waals surface area contributed by atoms with E-state index in [1.54, 1.807) is 12.1 Å². The van der Waals surface area contributed by atoms with E-state index < -0.39 is 0 Å². The van der Waals surface area contributed by atoms with Gasteiger partial charge in [-0.1, -0.05) is 0 Å². The molecular formula is C21H28N2O4. The molecule has 1 atom stereocenters. The SMILES string of the molecule is COc1cc(C(=O)N2CCC[C@]3(CCC(=O)N(CC4CC4)C3)C2)ccc1O. The highest BCUT2D eigenvalue weighted by atomic mass is 16.5. The number of methoxy groups -OCH3 is 1. The fraction of sp³-hybridized carbons (Fsp3) is 0.619. The molecule has 1 spiro atoms. The number of hydrogen-bond donors (Lipinski definition) is 1. The van der Waals surface area contributed by atoms with Gasteiger partial charge in [0.1, 0.15) is 0 Å². The summed E-state index contributed by atoms with van der Waals surface area (Å²) < 4.78 is 5.14. The monoisotopic (exact) mass is 372 g/mol. The van der Waals surface area contributed by atoms with Gasteiger partial charge in [0.2, 0.25) is 5.91 Å². The van der Waals surface area contributed by atoms with E-state index in [0.29, 0.717) is 30.2 Å². The summed E-state index contributed by atoms with van der Waals surface area (Å²) in [6, 6.07) is 4.75. The van der Waals surface area contributed by atoms with Crippen LogP contribution in [-0.2, 0) is 4.79 Å². The highest BCUT2D eigenvalue weighted by Crippen LogP contribution is 2.41. The predicted molar refractivity (Wildman–Crippen MR) is 101 cm³/mol. The molecule has 0 aromatic heterocycles. The molecule has 1 saturated carbocycles. The van der Waals surface area contributed by atoms with Crippen LogP contribution in [0.25, 0.3) is 0 Å². The molecule has 1 aromatic rings. The maximum absolute atomic E-state index is 13.0. The zero-order valence-corrected chi connectivity index (χ0v) is 15.9. The molecule has 2 heterocycles.